The van der Waals surface area contributed by atoms with Gasteiger partial charge in [-0.3, -0.25) is 5.32 Å². The van der Waals surface area contributed by atoms with Crippen LogP contribution in [0.15, 0.2) is 12.1 Å². The number of carbonyl (C=O) groups excluding carboxylic acids is 2. The molecule has 0 unspecified atom stereocenters. The topological polar surface area (TPSA) is 93.3 Å². The number of nitrogens with zero attached hydrogens (tertiary/aromatic N) is 1. The number of hydrogen-bond acceptors (Lipinski definition) is 5. The molecule has 0 spiro atoms. The Morgan fingerprint density at radius 3 is 2.61 bits per heavy atom. The third kappa shape index (κ3) is 4.21. The number of H-pyrrole nitrogens is 1. The van der Waals surface area contributed by atoms with Crippen molar-refractivity contribution in [2.75, 3.05) is 11.9 Å². The van der Waals surface area contributed by atoms with E-state index in [-0.39, 0.29) is 0 Å². The van der Waals surface area contributed by atoms with Crippen molar-refractivity contribution in [3.8, 4) is 0 Å². The van der Waals surface area contributed by atoms with Crippen LogP contribution in [0.5, 0.6) is 0 Å². The van der Waals surface area contributed by atoms with Gasteiger partial charge in [-0.2, -0.15) is 0 Å². The second-order valence-corrected chi connectivity index (χ2v) is 6.12. The number of pyridine rings is 1. The number of rotatable bonds is 3. The van der Waals surface area contributed by atoms with Gasteiger partial charge in [0.25, 0.3) is 0 Å². The molecule has 2 aromatic heterocycles. The molecular formula is C16H21N3O4. The third-order valence-corrected chi connectivity index (χ3v) is 2.91. The summed E-state index contributed by atoms with van der Waals surface area (Å²) >= 11 is 0. The number of aromatic amines is 1. The minimum Gasteiger partial charge on any atom is -0.461 e. The molecular weight excluding hydrogens is 298 g/mol. The van der Waals surface area contributed by atoms with E-state index in [4.69, 9.17) is 9.47 Å². The summed E-state index contributed by atoms with van der Waals surface area (Å²) in [6.45, 7) is 9.21. The summed E-state index contributed by atoms with van der Waals surface area (Å²) in [7, 11) is 0. The molecule has 0 saturated carbocycles. The monoisotopic (exact) mass is 319 g/mol. The number of amides is 1. The predicted octanol–water partition coefficient (Wildman–Crippen LogP) is 3.40. The van der Waals surface area contributed by atoms with E-state index in [9.17, 15) is 9.59 Å². The van der Waals surface area contributed by atoms with E-state index in [1.54, 1.807) is 39.8 Å². The van der Waals surface area contributed by atoms with E-state index < -0.39 is 17.7 Å². The summed E-state index contributed by atoms with van der Waals surface area (Å²) in [5.74, 6) is -0.0500. The number of aromatic nitrogens is 2. The second kappa shape index (κ2) is 6.28. The van der Waals surface area contributed by atoms with Crippen molar-refractivity contribution in [1.82, 2.24) is 9.97 Å². The second-order valence-electron chi connectivity index (χ2n) is 6.12. The summed E-state index contributed by atoms with van der Waals surface area (Å²) in [5, 5.41) is 2.62. The highest BCUT2D eigenvalue weighted by molar-refractivity contribution is 5.95. The van der Waals surface area contributed by atoms with Gasteiger partial charge in [-0.25, -0.2) is 14.6 Å². The fourth-order valence-electron chi connectivity index (χ4n) is 2.00. The maximum Gasteiger partial charge on any atom is 0.413 e. The van der Waals surface area contributed by atoms with Crippen molar-refractivity contribution in [2.24, 2.45) is 0 Å². The summed E-state index contributed by atoms with van der Waals surface area (Å²) in [4.78, 5) is 30.9. The van der Waals surface area contributed by atoms with Crippen LogP contribution in [0, 0.1) is 6.92 Å². The van der Waals surface area contributed by atoms with Crippen LogP contribution in [0.4, 0.5) is 10.6 Å². The van der Waals surface area contributed by atoms with Crippen molar-refractivity contribution in [1.29, 1.82) is 0 Å². The molecule has 2 rings (SSSR count). The highest BCUT2D eigenvalue weighted by atomic mass is 16.6. The number of fused-ring (bicyclic) bond motifs is 1. The molecule has 0 atom stereocenters. The minimum absolute atomic E-state index is 0.298. The van der Waals surface area contributed by atoms with Crippen LogP contribution >= 0.6 is 0 Å². The molecule has 2 heterocycles. The number of nitrogens with one attached hydrogen (secondary N) is 2. The van der Waals surface area contributed by atoms with Gasteiger partial charge in [-0.15, -0.1) is 0 Å². The molecule has 0 aromatic carbocycles. The van der Waals surface area contributed by atoms with Crippen molar-refractivity contribution in [2.45, 2.75) is 40.2 Å². The molecule has 0 radical (unpaired) electrons. The Bertz CT molecular complexity index is 744. The molecule has 0 saturated heterocycles. The SMILES string of the molecule is CCOC(=O)c1cc2nc(NC(=O)OC(C)(C)C)c(C)cc2[nH]1. The lowest BCUT2D eigenvalue weighted by Gasteiger charge is -2.19. The van der Waals surface area contributed by atoms with Gasteiger partial charge >= 0.3 is 12.1 Å². The average Bonchev–Trinajstić information content (AvgIpc) is 2.80. The first-order valence-corrected chi connectivity index (χ1v) is 7.37. The normalized spacial score (nSPS) is 11.3. The predicted molar refractivity (Wildman–Crippen MR) is 86.6 cm³/mol. The number of carbonyl (C=O) groups is 2. The van der Waals surface area contributed by atoms with Crippen LogP contribution in [0.2, 0.25) is 0 Å². The van der Waals surface area contributed by atoms with Crippen LogP contribution in [-0.4, -0.2) is 34.2 Å². The van der Waals surface area contributed by atoms with Crippen LogP contribution in [0.25, 0.3) is 11.0 Å². The number of esters is 1. The van der Waals surface area contributed by atoms with Crippen LogP contribution < -0.4 is 5.32 Å². The fraction of sp³-hybridized carbons (Fsp3) is 0.438. The summed E-state index contributed by atoms with van der Waals surface area (Å²) in [6, 6.07) is 3.39. The van der Waals surface area contributed by atoms with Crippen LogP contribution in [0.3, 0.4) is 0 Å². The number of ether oxygens (including phenoxy) is 2. The Labute approximate surface area is 134 Å². The lowest BCUT2D eigenvalue weighted by molar-refractivity contribution is 0.0519. The van der Waals surface area contributed by atoms with Crippen LogP contribution in [-0.2, 0) is 9.47 Å². The number of aryl methyl sites for hydroxylation is 1. The summed E-state index contributed by atoms with van der Waals surface area (Å²) in [6.07, 6.45) is -0.575. The summed E-state index contributed by atoms with van der Waals surface area (Å²) in [5.41, 5.74) is 1.74. The van der Waals surface area contributed by atoms with Crippen molar-refractivity contribution in [3.05, 3.63) is 23.4 Å². The van der Waals surface area contributed by atoms with Crippen molar-refractivity contribution >= 4 is 28.9 Å². The standard InChI is InChI=1S/C16H21N3O4/c1-6-22-14(20)12-8-11-10(17-12)7-9(2)13(18-11)19-15(21)23-16(3,4)5/h7-8,17H,6H2,1-5H3,(H,18,19,21). The van der Waals surface area contributed by atoms with Gasteiger partial charge in [-0.1, -0.05) is 0 Å². The van der Waals surface area contributed by atoms with Gasteiger partial charge in [0.15, 0.2) is 0 Å². The average molecular weight is 319 g/mol. The Balaban J connectivity index is 2.26. The lowest BCUT2D eigenvalue weighted by Crippen LogP contribution is -2.27. The first-order chi connectivity index (χ1) is 10.7. The molecule has 7 heteroatoms. The molecule has 0 aliphatic heterocycles. The van der Waals surface area contributed by atoms with Crippen molar-refractivity contribution in [3.63, 3.8) is 0 Å². The lowest BCUT2D eigenvalue weighted by atomic mass is 10.2. The van der Waals surface area contributed by atoms with E-state index in [1.807, 2.05) is 6.92 Å². The Kier molecular flexibility index (Phi) is 4.58. The van der Waals surface area contributed by atoms with E-state index in [1.165, 1.54) is 0 Å². The summed E-state index contributed by atoms with van der Waals surface area (Å²) < 4.78 is 10.2. The molecule has 2 N–H and O–H groups in total. The van der Waals surface area contributed by atoms with E-state index in [0.717, 1.165) is 5.56 Å². The zero-order chi connectivity index (χ0) is 17.2. The third-order valence-electron chi connectivity index (χ3n) is 2.91. The van der Waals surface area contributed by atoms with Gasteiger partial charge in [-0.05, 0) is 52.3 Å². The Morgan fingerprint density at radius 2 is 2.00 bits per heavy atom. The van der Waals surface area contributed by atoms with E-state index in [2.05, 4.69) is 15.3 Å². The molecule has 0 aliphatic carbocycles. The number of hydrogen-bond donors (Lipinski definition) is 2. The fourth-order valence-corrected chi connectivity index (χ4v) is 2.00. The smallest absolute Gasteiger partial charge is 0.413 e. The van der Waals surface area contributed by atoms with Crippen molar-refractivity contribution < 1.29 is 19.1 Å². The number of anilines is 1. The maximum absolute atomic E-state index is 11.9. The molecule has 0 bridgehead atoms. The molecule has 124 valence electrons. The van der Waals surface area contributed by atoms with E-state index in [0.29, 0.717) is 29.2 Å². The van der Waals surface area contributed by atoms with Crippen LogP contribution in [0.1, 0.15) is 43.7 Å². The molecule has 0 fully saturated rings. The molecule has 23 heavy (non-hydrogen) atoms. The van der Waals surface area contributed by atoms with E-state index >= 15 is 0 Å². The Morgan fingerprint density at radius 1 is 1.30 bits per heavy atom. The van der Waals surface area contributed by atoms with Gasteiger partial charge in [0.1, 0.15) is 17.1 Å². The zero-order valence-electron chi connectivity index (χ0n) is 13.9. The first-order valence-electron chi connectivity index (χ1n) is 7.37. The quantitative estimate of drug-likeness (QED) is 0.846. The maximum atomic E-state index is 11.9. The molecule has 7 nitrogen and oxygen atoms in total. The molecule has 0 aliphatic rings. The minimum atomic E-state index is -0.590. The van der Waals surface area contributed by atoms with Gasteiger partial charge in [0, 0.05) is 0 Å². The largest absolute Gasteiger partial charge is 0.461 e. The van der Waals surface area contributed by atoms with Gasteiger partial charge in [0.2, 0.25) is 0 Å². The molecule has 2 aromatic rings. The highest BCUT2D eigenvalue weighted by Crippen LogP contribution is 2.21. The zero-order valence-corrected chi connectivity index (χ0v) is 13.9. The highest BCUT2D eigenvalue weighted by Gasteiger charge is 2.18. The molecule has 1 amide bonds. The Hall–Kier alpha value is -2.57. The first kappa shape index (κ1) is 16.8. The van der Waals surface area contributed by atoms with Gasteiger partial charge < -0.3 is 14.5 Å². The van der Waals surface area contributed by atoms with Gasteiger partial charge in [0.05, 0.1) is 17.6 Å².